The summed E-state index contributed by atoms with van der Waals surface area (Å²) < 4.78 is 10.7. The number of carbonyl (C=O) groups is 1. The Kier molecular flexibility index (Phi) is 7.02. The van der Waals surface area contributed by atoms with Gasteiger partial charge in [0.1, 0.15) is 11.5 Å². The molecule has 8 nitrogen and oxygen atoms in total. The molecule has 1 aliphatic rings. The Balaban J connectivity index is 1.38. The number of ether oxygens (including phenoxy) is 2. The molecule has 29 heavy (non-hydrogen) atoms. The number of non-ortho nitro benzene ring substituents is 1. The maximum absolute atomic E-state index is 12.1. The lowest BCUT2D eigenvalue weighted by Crippen LogP contribution is -2.45. The molecule has 1 saturated heterocycles. The van der Waals surface area contributed by atoms with E-state index in [2.05, 4.69) is 16.3 Å². The van der Waals surface area contributed by atoms with Crippen molar-refractivity contribution in [3.8, 4) is 11.5 Å². The van der Waals surface area contributed by atoms with Crippen LogP contribution in [0.15, 0.2) is 48.5 Å². The standard InChI is InChI=1S/C21H25N3O5/c1-28-20-4-2-3-16(13-20)14-23-11-9-17(10-12-23)22-21(25)15-29-19-7-5-18(6-8-19)24(26)27/h2-8,13,17H,9-12,14-15H2,1H3,(H,22,25). The number of carbonyl (C=O) groups excluding carboxylic acids is 1. The third kappa shape index (κ3) is 6.18. The van der Waals surface area contributed by atoms with Gasteiger partial charge in [0.15, 0.2) is 6.61 Å². The minimum Gasteiger partial charge on any atom is -0.497 e. The van der Waals surface area contributed by atoms with Gasteiger partial charge in [0.05, 0.1) is 12.0 Å². The van der Waals surface area contributed by atoms with E-state index in [9.17, 15) is 14.9 Å². The van der Waals surface area contributed by atoms with Gasteiger partial charge in [-0.2, -0.15) is 0 Å². The van der Waals surface area contributed by atoms with E-state index >= 15 is 0 Å². The van der Waals surface area contributed by atoms with Crippen molar-refractivity contribution in [2.45, 2.75) is 25.4 Å². The van der Waals surface area contributed by atoms with Crippen molar-refractivity contribution in [2.75, 3.05) is 26.8 Å². The predicted octanol–water partition coefficient (Wildman–Crippen LogP) is 2.76. The first-order valence-electron chi connectivity index (χ1n) is 9.55. The molecule has 0 unspecified atom stereocenters. The first-order valence-corrected chi connectivity index (χ1v) is 9.55. The minimum absolute atomic E-state index is 0.0116. The third-order valence-electron chi connectivity index (χ3n) is 4.91. The maximum Gasteiger partial charge on any atom is 0.269 e. The number of nitrogens with zero attached hydrogens (tertiary/aromatic N) is 2. The molecular weight excluding hydrogens is 374 g/mol. The van der Waals surface area contributed by atoms with E-state index in [1.54, 1.807) is 7.11 Å². The molecule has 0 bridgehead atoms. The van der Waals surface area contributed by atoms with E-state index in [0.717, 1.165) is 38.2 Å². The van der Waals surface area contributed by atoms with Crippen LogP contribution in [0.1, 0.15) is 18.4 Å². The summed E-state index contributed by atoms with van der Waals surface area (Å²) >= 11 is 0. The first kappa shape index (κ1) is 20.6. The van der Waals surface area contributed by atoms with Crippen LogP contribution in [0.3, 0.4) is 0 Å². The van der Waals surface area contributed by atoms with Crippen molar-refractivity contribution in [1.29, 1.82) is 0 Å². The number of piperidine rings is 1. The second-order valence-corrected chi connectivity index (χ2v) is 7.01. The van der Waals surface area contributed by atoms with E-state index in [0.29, 0.717) is 5.75 Å². The molecule has 3 rings (SSSR count). The zero-order chi connectivity index (χ0) is 20.6. The molecule has 0 aromatic heterocycles. The largest absolute Gasteiger partial charge is 0.497 e. The quantitative estimate of drug-likeness (QED) is 0.542. The molecule has 154 valence electrons. The second-order valence-electron chi connectivity index (χ2n) is 7.01. The molecule has 0 atom stereocenters. The van der Waals surface area contributed by atoms with Crippen molar-refractivity contribution in [3.63, 3.8) is 0 Å². The fourth-order valence-corrected chi connectivity index (χ4v) is 3.35. The van der Waals surface area contributed by atoms with Crippen LogP contribution < -0.4 is 14.8 Å². The summed E-state index contributed by atoms with van der Waals surface area (Å²) in [5.74, 6) is 1.10. The van der Waals surface area contributed by atoms with Crippen molar-refractivity contribution in [1.82, 2.24) is 10.2 Å². The zero-order valence-corrected chi connectivity index (χ0v) is 16.4. The van der Waals surface area contributed by atoms with Crippen LogP contribution in [0.25, 0.3) is 0 Å². The van der Waals surface area contributed by atoms with E-state index < -0.39 is 4.92 Å². The molecule has 1 heterocycles. The maximum atomic E-state index is 12.1. The van der Waals surface area contributed by atoms with Crippen LogP contribution in [0.5, 0.6) is 11.5 Å². The Morgan fingerprint density at radius 2 is 1.90 bits per heavy atom. The van der Waals surface area contributed by atoms with Gasteiger partial charge in [0.2, 0.25) is 0 Å². The van der Waals surface area contributed by atoms with Gasteiger partial charge in [0, 0.05) is 37.8 Å². The van der Waals surface area contributed by atoms with Gasteiger partial charge in [-0.25, -0.2) is 0 Å². The highest BCUT2D eigenvalue weighted by molar-refractivity contribution is 5.77. The van der Waals surface area contributed by atoms with Crippen LogP contribution in [0.4, 0.5) is 5.69 Å². The Bertz CT molecular complexity index is 832. The topological polar surface area (TPSA) is 93.9 Å². The van der Waals surface area contributed by atoms with Crippen LogP contribution in [0.2, 0.25) is 0 Å². The molecule has 1 N–H and O–H groups in total. The summed E-state index contributed by atoms with van der Waals surface area (Å²) in [5, 5.41) is 13.6. The fourth-order valence-electron chi connectivity index (χ4n) is 3.35. The Labute approximate surface area is 169 Å². The molecule has 8 heteroatoms. The number of rotatable bonds is 8. The summed E-state index contributed by atoms with van der Waals surface area (Å²) in [4.78, 5) is 24.7. The average molecular weight is 399 g/mol. The number of hydrogen-bond donors (Lipinski definition) is 1. The molecule has 1 amide bonds. The molecular formula is C21H25N3O5. The van der Waals surface area contributed by atoms with Gasteiger partial charge in [-0.05, 0) is 42.7 Å². The summed E-state index contributed by atoms with van der Waals surface area (Å²) in [6.45, 7) is 2.57. The van der Waals surface area contributed by atoms with Gasteiger partial charge >= 0.3 is 0 Å². The summed E-state index contributed by atoms with van der Waals surface area (Å²) in [7, 11) is 1.67. The SMILES string of the molecule is COc1cccc(CN2CCC(NC(=O)COc3ccc([N+](=O)[O-])cc3)CC2)c1. The molecule has 2 aromatic carbocycles. The normalized spacial score (nSPS) is 14.9. The molecule has 0 radical (unpaired) electrons. The first-order chi connectivity index (χ1) is 14.0. The Morgan fingerprint density at radius 3 is 2.55 bits per heavy atom. The highest BCUT2D eigenvalue weighted by Crippen LogP contribution is 2.19. The summed E-state index contributed by atoms with van der Waals surface area (Å²) in [5.41, 5.74) is 1.20. The van der Waals surface area contributed by atoms with Crippen molar-refractivity contribution < 1.29 is 19.2 Å². The van der Waals surface area contributed by atoms with Crippen molar-refractivity contribution >= 4 is 11.6 Å². The summed E-state index contributed by atoms with van der Waals surface area (Å²) in [6, 6.07) is 13.9. The number of methoxy groups -OCH3 is 1. The van der Waals surface area contributed by atoms with Gasteiger partial charge in [-0.15, -0.1) is 0 Å². The van der Waals surface area contributed by atoms with Gasteiger partial charge in [-0.1, -0.05) is 12.1 Å². The molecule has 0 aliphatic carbocycles. The number of nitro benzene ring substituents is 1. The average Bonchev–Trinajstić information content (AvgIpc) is 2.74. The van der Waals surface area contributed by atoms with Crippen LogP contribution >= 0.6 is 0 Å². The third-order valence-corrected chi connectivity index (χ3v) is 4.91. The lowest BCUT2D eigenvalue weighted by atomic mass is 10.0. The smallest absolute Gasteiger partial charge is 0.269 e. The number of nitro groups is 1. The van der Waals surface area contributed by atoms with Gasteiger partial charge < -0.3 is 14.8 Å². The van der Waals surface area contributed by atoms with E-state index in [1.807, 2.05) is 18.2 Å². The lowest BCUT2D eigenvalue weighted by molar-refractivity contribution is -0.384. The molecule has 0 saturated carbocycles. The predicted molar refractivity (Wildman–Crippen MR) is 108 cm³/mol. The second kappa shape index (κ2) is 9.88. The molecule has 1 fully saturated rings. The fraction of sp³-hybridized carbons (Fsp3) is 0.381. The van der Waals surface area contributed by atoms with Gasteiger partial charge in [0.25, 0.3) is 11.6 Å². The zero-order valence-electron chi connectivity index (χ0n) is 16.4. The number of hydrogen-bond acceptors (Lipinski definition) is 6. The number of likely N-dealkylation sites (tertiary alicyclic amines) is 1. The monoisotopic (exact) mass is 399 g/mol. The minimum atomic E-state index is -0.475. The van der Waals surface area contributed by atoms with E-state index in [1.165, 1.54) is 29.8 Å². The van der Waals surface area contributed by atoms with E-state index in [4.69, 9.17) is 9.47 Å². The number of nitrogens with one attached hydrogen (secondary N) is 1. The highest BCUT2D eigenvalue weighted by Gasteiger charge is 2.21. The number of benzene rings is 2. The van der Waals surface area contributed by atoms with Crippen LogP contribution in [-0.2, 0) is 11.3 Å². The van der Waals surface area contributed by atoms with E-state index in [-0.39, 0.29) is 24.2 Å². The number of amides is 1. The molecule has 2 aromatic rings. The Morgan fingerprint density at radius 1 is 1.17 bits per heavy atom. The Hall–Kier alpha value is -3.13. The van der Waals surface area contributed by atoms with Crippen LogP contribution in [-0.4, -0.2) is 48.6 Å². The summed E-state index contributed by atoms with van der Waals surface area (Å²) in [6.07, 6.45) is 1.76. The molecule has 0 spiro atoms. The lowest BCUT2D eigenvalue weighted by Gasteiger charge is -2.32. The van der Waals surface area contributed by atoms with Crippen molar-refractivity contribution in [3.05, 3.63) is 64.2 Å². The van der Waals surface area contributed by atoms with Crippen molar-refractivity contribution in [2.24, 2.45) is 0 Å². The molecule has 1 aliphatic heterocycles. The van der Waals surface area contributed by atoms with Gasteiger partial charge in [-0.3, -0.25) is 19.8 Å². The van der Waals surface area contributed by atoms with Crippen LogP contribution in [0, 0.1) is 10.1 Å². The highest BCUT2D eigenvalue weighted by atomic mass is 16.6.